The number of hydrogen-bond acceptors (Lipinski definition) is 5. The van der Waals surface area contributed by atoms with Gasteiger partial charge in [-0.1, -0.05) is 23.7 Å². The molecule has 1 aliphatic rings. The van der Waals surface area contributed by atoms with E-state index in [1.165, 1.54) is 28.3 Å². The number of hydrogen-bond donors (Lipinski definition) is 0. The second-order valence-electron chi connectivity index (χ2n) is 5.00. The van der Waals surface area contributed by atoms with Gasteiger partial charge >= 0.3 is 5.97 Å². The summed E-state index contributed by atoms with van der Waals surface area (Å²) in [5, 5.41) is 0.167. The molecule has 1 fully saturated rings. The number of sulfonamides is 1. The lowest BCUT2D eigenvalue weighted by Gasteiger charge is -2.34. The Bertz CT molecular complexity index is 699. The van der Waals surface area contributed by atoms with Crippen LogP contribution in [-0.4, -0.2) is 62.3 Å². The van der Waals surface area contributed by atoms with E-state index in [1.807, 2.05) is 0 Å². The molecule has 0 aliphatic carbocycles. The van der Waals surface area contributed by atoms with E-state index < -0.39 is 16.0 Å². The first kappa shape index (κ1) is 17.7. The van der Waals surface area contributed by atoms with Crippen LogP contribution >= 0.6 is 11.6 Å². The third-order valence-corrected chi connectivity index (χ3v) is 5.84. The number of piperazine rings is 1. The highest BCUT2D eigenvalue weighted by atomic mass is 35.5. The molecule has 0 N–H and O–H groups in total. The molecular weight excluding hydrogens is 344 g/mol. The molecule has 0 unspecified atom stereocenters. The molecule has 1 aromatic carbocycles. The molecule has 1 aromatic rings. The molecule has 0 bridgehead atoms. The van der Waals surface area contributed by atoms with Gasteiger partial charge in [0.25, 0.3) is 5.91 Å². The summed E-state index contributed by atoms with van der Waals surface area (Å²) in [5.74, 6) is -0.867. The number of ether oxygens (including phenoxy) is 1. The number of carbonyl (C=O) groups is 2. The minimum absolute atomic E-state index is 0.0568. The van der Waals surface area contributed by atoms with E-state index in [1.54, 1.807) is 12.1 Å². The molecule has 7 nitrogen and oxygen atoms in total. The minimum atomic E-state index is -3.69. The van der Waals surface area contributed by atoms with Crippen molar-refractivity contribution in [1.82, 2.24) is 9.21 Å². The van der Waals surface area contributed by atoms with Crippen molar-refractivity contribution in [2.24, 2.45) is 0 Å². The summed E-state index contributed by atoms with van der Waals surface area (Å²) < 4.78 is 31.1. The average Bonchev–Trinajstić information content (AvgIpc) is 2.53. The second kappa shape index (κ2) is 7.29. The summed E-state index contributed by atoms with van der Waals surface area (Å²) in [6, 6.07) is 6.24. The smallest absolute Gasteiger partial charge is 0.303 e. The Morgan fingerprint density at radius 1 is 1.17 bits per heavy atom. The molecule has 1 aliphatic heterocycles. The minimum Gasteiger partial charge on any atom is -0.456 e. The normalized spacial score (nSPS) is 16.2. The van der Waals surface area contributed by atoms with Crippen LogP contribution in [0.3, 0.4) is 0 Å². The number of benzene rings is 1. The highest BCUT2D eigenvalue weighted by molar-refractivity contribution is 7.89. The predicted octanol–water partition coefficient (Wildman–Crippen LogP) is 0.736. The summed E-state index contributed by atoms with van der Waals surface area (Å²) in [6.45, 7) is 1.71. The van der Waals surface area contributed by atoms with E-state index in [0.29, 0.717) is 0 Å². The first-order valence-electron chi connectivity index (χ1n) is 6.98. The molecule has 2 rings (SSSR count). The van der Waals surface area contributed by atoms with Gasteiger partial charge in [0.1, 0.15) is 4.90 Å². The van der Waals surface area contributed by atoms with E-state index in [0.717, 1.165) is 0 Å². The van der Waals surface area contributed by atoms with Gasteiger partial charge in [-0.05, 0) is 12.1 Å². The molecule has 1 saturated heterocycles. The fraction of sp³-hybridized carbons (Fsp3) is 0.429. The molecule has 0 radical (unpaired) electrons. The Morgan fingerprint density at radius 2 is 1.78 bits per heavy atom. The molecule has 1 amide bonds. The van der Waals surface area contributed by atoms with E-state index in [9.17, 15) is 18.0 Å². The van der Waals surface area contributed by atoms with Crippen LogP contribution in [0.15, 0.2) is 29.2 Å². The molecule has 0 spiro atoms. The predicted molar refractivity (Wildman–Crippen MR) is 83.4 cm³/mol. The summed E-state index contributed by atoms with van der Waals surface area (Å²) in [7, 11) is -3.69. The molecule has 0 aromatic heterocycles. The zero-order chi connectivity index (χ0) is 17.0. The summed E-state index contributed by atoms with van der Waals surface area (Å²) in [5.41, 5.74) is 0. The largest absolute Gasteiger partial charge is 0.456 e. The van der Waals surface area contributed by atoms with E-state index in [-0.39, 0.29) is 48.6 Å². The lowest BCUT2D eigenvalue weighted by molar-refractivity contribution is -0.150. The van der Waals surface area contributed by atoms with Crippen molar-refractivity contribution in [2.75, 3.05) is 32.8 Å². The van der Waals surface area contributed by atoms with Crippen LogP contribution in [0.25, 0.3) is 0 Å². The van der Waals surface area contributed by atoms with Gasteiger partial charge < -0.3 is 9.64 Å². The standard InChI is InChI=1S/C14H17ClN2O5S/c1-11(18)22-10-14(19)16-6-8-17(9-7-16)23(20,21)13-5-3-2-4-12(13)15/h2-5H,6-10H2,1H3. The maximum atomic E-state index is 12.6. The van der Waals surface area contributed by atoms with Crippen molar-refractivity contribution in [3.63, 3.8) is 0 Å². The number of halogens is 1. The molecule has 0 atom stereocenters. The molecule has 0 saturated carbocycles. The van der Waals surface area contributed by atoms with Gasteiger partial charge in [-0.15, -0.1) is 0 Å². The Kier molecular flexibility index (Phi) is 5.61. The molecule has 9 heteroatoms. The molecule has 1 heterocycles. The topological polar surface area (TPSA) is 84.0 Å². The van der Waals surface area contributed by atoms with Crippen LogP contribution in [0.2, 0.25) is 5.02 Å². The van der Waals surface area contributed by atoms with Crippen molar-refractivity contribution in [3.8, 4) is 0 Å². The number of carbonyl (C=O) groups excluding carboxylic acids is 2. The van der Waals surface area contributed by atoms with Gasteiger partial charge in [-0.3, -0.25) is 9.59 Å². The molecule has 126 valence electrons. The van der Waals surface area contributed by atoms with Crippen molar-refractivity contribution in [2.45, 2.75) is 11.8 Å². The van der Waals surface area contributed by atoms with Gasteiger partial charge in [0.2, 0.25) is 10.0 Å². The number of rotatable bonds is 4. The van der Waals surface area contributed by atoms with E-state index in [4.69, 9.17) is 11.6 Å². The molecule has 23 heavy (non-hydrogen) atoms. The number of esters is 1. The van der Waals surface area contributed by atoms with Gasteiger partial charge in [-0.2, -0.15) is 4.31 Å². The van der Waals surface area contributed by atoms with Crippen LogP contribution < -0.4 is 0 Å². The highest BCUT2D eigenvalue weighted by Gasteiger charge is 2.31. The quantitative estimate of drug-likeness (QED) is 0.739. The third kappa shape index (κ3) is 4.21. The average molecular weight is 361 g/mol. The van der Waals surface area contributed by atoms with Crippen molar-refractivity contribution in [1.29, 1.82) is 0 Å². The van der Waals surface area contributed by atoms with E-state index in [2.05, 4.69) is 4.74 Å². The molecular formula is C14H17ClN2O5S. The van der Waals surface area contributed by atoms with Crippen LogP contribution in [0.5, 0.6) is 0 Å². The third-order valence-electron chi connectivity index (χ3n) is 3.44. The van der Waals surface area contributed by atoms with Crippen LogP contribution in [0.4, 0.5) is 0 Å². The second-order valence-corrected chi connectivity index (χ2v) is 7.31. The van der Waals surface area contributed by atoms with Crippen LogP contribution in [0.1, 0.15) is 6.92 Å². The zero-order valence-corrected chi connectivity index (χ0v) is 14.1. The van der Waals surface area contributed by atoms with Gasteiger partial charge in [-0.25, -0.2) is 8.42 Å². The Labute approximate surface area is 139 Å². The van der Waals surface area contributed by atoms with E-state index >= 15 is 0 Å². The number of nitrogens with zero attached hydrogens (tertiary/aromatic N) is 2. The number of amides is 1. The highest BCUT2D eigenvalue weighted by Crippen LogP contribution is 2.24. The monoisotopic (exact) mass is 360 g/mol. The summed E-state index contributed by atoms with van der Waals surface area (Å²) in [6.07, 6.45) is 0. The van der Waals surface area contributed by atoms with Crippen molar-refractivity contribution < 1.29 is 22.7 Å². The Balaban J connectivity index is 2.00. The van der Waals surface area contributed by atoms with Crippen LogP contribution in [0, 0.1) is 0 Å². The van der Waals surface area contributed by atoms with Crippen molar-refractivity contribution >= 4 is 33.5 Å². The zero-order valence-electron chi connectivity index (χ0n) is 12.6. The van der Waals surface area contributed by atoms with Crippen molar-refractivity contribution in [3.05, 3.63) is 29.3 Å². The lowest BCUT2D eigenvalue weighted by Crippen LogP contribution is -2.51. The van der Waals surface area contributed by atoms with Gasteiger partial charge in [0, 0.05) is 33.1 Å². The first-order chi connectivity index (χ1) is 10.8. The Morgan fingerprint density at radius 3 is 2.35 bits per heavy atom. The fourth-order valence-electron chi connectivity index (χ4n) is 2.23. The van der Waals surface area contributed by atoms with Gasteiger partial charge in [0.15, 0.2) is 6.61 Å². The first-order valence-corrected chi connectivity index (χ1v) is 8.80. The van der Waals surface area contributed by atoms with Gasteiger partial charge in [0.05, 0.1) is 5.02 Å². The fourth-order valence-corrected chi connectivity index (χ4v) is 4.14. The van der Waals surface area contributed by atoms with Crippen LogP contribution in [-0.2, 0) is 24.3 Å². The SMILES string of the molecule is CC(=O)OCC(=O)N1CCN(S(=O)(=O)c2ccccc2Cl)CC1. The lowest BCUT2D eigenvalue weighted by atomic mass is 10.3. The maximum Gasteiger partial charge on any atom is 0.303 e. The maximum absolute atomic E-state index is 12.6. The Hall–Kier alpha value is -1.64. The summed E-state index contributed by atoms with van der Waals surface area (Å²) in [4.78, 5) is 24.1. The summed E-state index contributed by atoms with van der Waals surface area (Å²) >= 11 is 5.96.